The Morgan fingerprint density at radius 1 is 1.18 bits per heavy atom. The first-order valence-corrected chi connectivity index (χ1v) is 5.09. The molecular weight excluding hydrogens is 218 g/mol. The summed E-state index contributed by atoms with van der Waals surface area (Å²) in [4.78, 5) is 12.4. The molecule has 0 bridgehead atoms. The number of oxazole rings is 1. The Kier molecular flexibility index (Phi) is 2.22. The predicted molar refractivity (Wildman–Crippen MR) is 61.6 cm³/mol. The SMILES string of the molecule is COc1cccc(-c2nc3nccnc3o2)c1. The van der Waals surface area contributed by atoms with Crippen molar-refractivity contribution in [1.29, 1.82) is 0 Å². The number of ether oxygens (including phenoxy) is 1. The molecule has 2 heterocycles. The van der Waals surface area contributed by atoms with Crippen LogP contribution in [0.1, 0.15) is 0 Å². The van der Waals surface area contributed by atoms with Crippen molar-refractivity contribution in [2.45, 2.75) is 0 Å². The summed E-state index contributed by atoms with van der Waals surface area (Å²) < 4.78 is 10.7. The Bertz CT molecular complexity index is 630. The fraction of sp³-hybridized carbons (Fsp3) is 0.0833. The summed E-state index contributed by atoms with van der Waals surface area (Å²) in [5.41, 5.74) is 1.78. The second-order valence-electron chi connectivity index (χ2n) is 3.44. The number of aromatic nitrogens is 3. The molecule has 0 aliphatic heterocycles. The monoisotopic (exact) mass is 227 g/mol. The number of benzene rings is 1. The Labute approximate surface area is 97.1 Å². The molecule has 0 fully saturated rings. The average molecular weight is 227 g/mol. The predicted octanol–water partition coefficient (Wildman–Crippen LogP) is 2.29. The third-order valence-electron chi connectivity index (χ3n) is 2.36. The van der Waals surface area contributed by atoms with E-state index >= 15 is 0 Å². The minimum atomic E-state index is 0.435. The maximum Gasteiger partial charge on any atom is 0.266 e. The molecule has 0 spiro atoms. The van der Waals surface area contributed by atoms with Crippen molar-refractivity contribution in [2.24, 2.45) is 0 Å². The third kappa shape index (κ3) is 1.71. The Morgan fingerprint density at radius 3 is 2.88 bits per heavy atom. The van der Waals surface area contributed by atoms with Gasteiger partial charge in [-0.15, -0.1) is 0 Å². The van der Waals surface area contributed by atoms with Gasteiger partial charge in [0.05, 0.1) is 7.11 Å². The summed E-state index contributed by atoms with van der Waals surface area (Å²) >= 11 is 0. The number of hydrogen-bond acceptors (Lipinski definition) is 5. The molecule has 0 amide bonds. The average Bonchev–Trinajstić information content (AvgIpc) is 2.82. The molecule has 3 rings (SSSR count). The smallest absolute Gasteiger partial charge is 0.266 e. The number of fused-ring (bicyclic) bond motifs is 1. The molecule has 0 aliphatic carbocycles. The Balaban J connectivity index is 2.13. The highest BCUT2D eigenvalue weighted by Crippen LogP contribution is 2.24. The maximum absolute atomic E-state index is 5.51. The normalized spacial score (nSPS) is 10.6. The number of hydrogen-bond donors (Lipinski definition) is 0. The van der Waals surface area contributed by atoms with Gasteiger partial charge in [0.15, 0.2) is 0 Å². The van der Waals surface area contributed by atoms with Crippen LogP contribution in [0.25, 0.3) is 22.8 Å². The largest absolute Gasteiger partial charge is 0.497 e. The van der Waals surface area contributed by atoms with E-state index < -0.39 is 0 Å². The lowest BCUT2D eigenvalue weighted by molar-refractivity contribution is 0.415. The molecular formula is C12H9N3O2. The van der Waals surface area contributed by atoms with E-state index in [1.807, 2.05) is 24.3 Å². The van der Waals surface area contributed by atoms with Crippen LogP contribution in [0.15, 0.2) is 41.1 Å². The van der Waals surface area contributed by atoms with E-state index in [9.17, 15) is 0 Å². The van der Waals surface area contributed by atoms with E-state index in [-0.39, 0.29) is 0 Å². The van der Waals surface area contributed by atoms with Crippen LogP contribution in [0.5, 0.6) is 5.75 Å². The van der Waals surface area contributed by atoms with Gasteiger partial charge in [-0.25, -0.2) is 9.97 Å². The van der Waals surface area contributed by atoms with E-state index in [1.165, 1.54) is 0 Å². The zero-order chi connectivity index (χ0) is 11.7. The van der Waals surface area contributed by atoms with Gasteiger partial charge in [-0.3, -0.25) is 0 Å². The van der Waals surface area contributed by atoms with Crippen molar-refractivity contribution in [3.63, 3.8) is 0 Å². The maximum atomic E-state index is 5.51. The molecule has 84 valence electrons. The molecule has 0 radical (unpaired) electrons. The lowest BCUT2D eigenvalue weighted by Crippen LogP contribution is -1.83. The van der Waals surface area contributed by atoms with E-state index in [1.54, 1.807) is 19.5 Å². The van der Waals surface area contributed by atoms with Gasteiger partial charge < -0.3 is 9.15 Å². The second kappa shape index (κ2) is 3.86. The first kappa shape index (κ1) is 9.77. The summed E-state index contributed by atoms with van der Waals surface area (Å²) in [7, 11) is 1.62. The zero-order valence-electron chi connectivity index (χ0n) is 9.12. The van der Waals surface area contributed by atoms with E-state index in [0.29, 0.717) is 17.3 Å². The lowest BCUT2D eigenvalue weighted by Gasteiger charge is -2.00. The van der Waals surface area contributed by atoms with Crippen LogP contribution in [0, 0.1) is 0 Å². The third-order valence-corrected chi connectivity index (χ3v) is 2.36. The molecule has 17 heavy (non-hydrogen) atoms. The van der Waals surface area contributed by atoms with Crippen LogP contribution >= 0.6 is 0 Å². The molecule has 5 nitrogen and oxygen atoms in total. The Morgan fingerprint density at radius 2 is 2.06 bits per heavy atom. The molecule has 0 aliphatic rings. The van der Waals surface area contributed by atoms with Crippen molar-refractivity contribution in [3.8, 4) is 17.2 Å². The van der Waals surface area contributed by atoms with Crippen LogP contribution in [-0.4, -0.2) is 22.1 Å². The van der Waals surface area contributed by atoms with Crippen molar-refractivity contribution < 1.29 is 9.15 Å². The van der Waals surface area contributed by atoms with Crippen LogP contribution < -0.4 is 4.74 Å². The van der Waals surface area contributed by atoms with Gasteiger partial charge in [0, 0.05) is 18.0 Å². The van der Waals surface area contributed by atoms with Gasteiger partial charge in [0.1, 0.15) is 5.75 Å². The number of methoxy groups -OCH3 is 1. The summed E-state index contributed by atoms with van der Waals surface area (Å²) in [5.74, 6) is 1.25. The topological polar surface area (TPSA) is 61.0 Å². The molecule has 3 aromatic rings. The molecule has 0 N–H and O–H groups in total. The quantitative estimate of drug-likeness (QED) is 0.672. The molecule has 0 saturated heterocycles. The number of rotatable bonds is 2. The Hall–Kier alpha value is -2.43. The standard InChI is InChI=1S/C12H9N3O2/c1-16-9-4-2-3-8(7-9)11-15-10-12(17-11)14-6-5-13-10/h2-7H,1H3. The van der Waals surface area contributed by atoms with E-state index in [0.717, 1.165) is 11.3 Å². The van der Waals surface area contributed by atoms with Crippen LogP contribution in [-0.2, 0) is 0 Å². The summed E-state index contributed by atoms with van der Waals surface area (Å²) in [5, 5.41) is 0. The van der Waals surface area contributed by atoms with Crippen molar-refractivity contribution in [2.75, 3.05) is 7.11 Å². The molecule has 0 saturated carbocycles. The van der Waals surface area contributed by atoms with Gasteiger partial charge in [-0.2, -0.15) is 4.98 Å². The zero-order valence-corrected chi connectivity index (χ0v) is 9.12. The summed E-state index contributed by atoms with van der Waals surface area (Å²) in [6.45, 7) is 0. The minimum Gasteiger partial charge on any atom is -0.497 e. The van der Waals surface area contributed by atoms with Gasteiger partial charge in [0.2, 0.25) is 11.5 Å². The highest BCUT2D eigenvalue weighted by Gasteiger charge is 2.09. The summed E-state index contributed by atoms with van der Waals surface area (Å²) in [6.07, 6.45) is 3.16. The van der Waals surface area contributed by atoms with Crippen LogP contribution in [0.2, 0.25) is 0 Å². The first-order chi connectivity index (χ1) is 8.36. The van der Waals surface area contributed by atoms with Gasteiger partial charge >= 0.3 is 0 Å². The van der Waals surface area contributed by atoms with Gasteiger partial charge in [-0.05, 0) is 18.2 Å². The molecule has 0 unspecified atom stereocenters. The van der Waals surface area contributed by atoms with Crippen molar-refractivity contribution in [1.82, 2.24) is 15.0 Å². The lowest BCUT2D eigenvalue weighted by atomic mass is 10.2. The van der Waals surface area contributed by atoms with Crippen molar-refractivity contribution in [3.05, 3.63) is 36.7 Å². The molecule has 5 heteroatoms. The molecule has 2 aromatic heterocycles. The number of nitrogens with zero attached hydrogens (tertiary/aromatic N) is 3. The van der Waals surface area contributed by atoms with Crippen LogP contribution in [0.4, 0.5) is 0 Å². The first-order valence-electron chi connectivity index (χ1n) is 5.09. The minimum absolute atomic E-state index is 0.435. The van der Waals surface area contributed by atoms with E-state index in [2.05, 4.69) is 15.0 Å². The fourth-order valence-electron chi connectivity index (χ4n) is 1.56. The highest BCUT2D eigenvalue weighted by molar-refractivity contribution is 5.68. The molecule has 1 aromatic carbocycles. The fourth-order valence-corrected chi connectivity index (χ4v) is 1.56. The van der Waals surface area contributed by atoms with Gasteiger partial charge in [0.25, 0.3) is 5.71 Å². The molecule has 0 atom stereocenters. The van der Waals surface area contributed by atoms with E-state index in [4.69, 9.17) is 9.15 Å². The van der Waals surface area contributed by atoms with Gasteiger partial charge in [-0.1, -0.05) is 6.07 Å². The summed E-state index contributed by atoms with van der Waals surface area (Å²) in [6, 6.07) is 7.49. The van der Waals surface area contributed by atoms with Crippen molar-refractivity contribution >= 4 is 11.4 Å². The second-order valence-corrected chi connectivity index (χ2v) is 3.44. The van der Waals surface area contributed by atoms with Crippen LogP contribution in [0.3, 0.4) is 0 Å². The highest BCUT2D eigenvalue weighted by atomic mass is 16.5.